The number of hydrogen-bond donors (Lipinski definition) is 1. The van der Waals surface area contributed by atoms with E-state index in [1.165, 1.54) is 18.2 Å². The largest absolute Gasteiger partial charge is 0.507 e. The van der Waals surface area contributed by atoms with Crippen molar-refractivity contribution >= 4 is 0 Å². The van der Waals surface area contributed by atoms with E-state index in [-0.39, 0.29) is 23.3 Å². The van der Waals surface area contributed by atoms with Crippen molar-refractivity contribution in [2.45, 2.75) is 78.2 Å². The van der Waals surface area contributed by atoms with Gasteiger partial charge in [0.1, 0.15) is 17.3 Å². The fraction of sp³-hybridized carbons (Fsp3) is 0.500. The van der Waals surface area contributed by atoms with E-state index in [1.807, 2.05) is 27.7 Å². The Hall–Kier alpha value is -2.17. The lowest BCUT2D eigenvalue weighted by Gasteiger charge is -2.22. The molecule has 0 aromatic heterocycles. The predicted octanol–water partition coefficient (Wildman–Crippen LogP) is 7.64. The van der Waals surface area contributed by atoms with Gasteiger partial charge in [-0.1, -0.05) is 53.5 Å². The van der Waals surface area contributed by atoms with Crippen LogP contribution in [0.4, 0.5) is 13.2 Å². The van der Waals surface area contributed by atoms with Crippen LogP contribution in [0.5, 0.6) is 11.5 Å². The molecule has 0 fully saturated rings. The first-order valence-corrected chi connectivity index (χ1v) is 10.3. The third-order valence-electron chi connectivity index (χ3n) is 5.05. The van der Waals surface area contributed by atoms with Gasteiger partial charge in [-0.15, -0.1) is 0 Å². The molecule has 2 aromatic carbocycles. The maximum atomic E-state index is 14.8. The Balaban J connectivity index is 2.33. The summed E-state index contributed by atoms with van der Waals surface area (Å²) in [5.41, 5.74) is 0.953. The van der Waals surface area contributed by atoms with E-state index >= 15 is 0 Å². The topological polar surface area (TPSA) is 29.5 Å². The molecule has 0 aliphatic heterocycles. The fourth-order valence-corrected chi connectivity index (χ4v) is 3.32. The summed E-state index contributed by atoms with van der Waals surface area (Å²) < 4.78 is 49.0. The van der Waals surface area contributed by atoms with Gasteiger partial charge < -0.3 is 9.84 Å². The summed E-state index contributed by atoms with van der Waals surface area (Å²) >= 11 is 0. The van der Waals surface area contributed by atoms with E-state index in [1.54, 1.807) is 0 Å². The molecule has 0 aliphatic carbocycles. The van der Waals surface area contributed by atoms with Crippen molar-refractivity contribution in [1.29, 1.82) is 0 Å². The molecule has 29 heavy (non-hydrogen) atoms. The number of phenolic OH excluding ortho intramolecular Hbond substituents is 1. The monoisotopic (exact) mass is 408 g/mol. The Morgan fingerprint density at radius 2 is 1.55 bits per heavy atom. The first kappa shape index (κ1) is 23.1. The van der Waals surface area contributed by atoms with Crippen molar-refractivity contribution in [2.75, 3.05) is 0 Å². The van der Waals surface area contributed by atoms with Crippen LogP contribution in [0.15, 0.2) is 30.3 Å². The zero-order valence-corrected chi connectivity index (χ0v) is 17.9. The van der Waals surface area contributed by atoms with Crippen LogP contribution in [0, 0.1) is 5.82 Å². The van der Waals surface area contributed by atoms with E-state index in [0.29, 0.717) is 23.1 Å². The lowest BCUT2D eigenvalue weighted by Crippen LogP contribution is -2.23. The van der Waals surface area contributed by atoms with Gasteiger partial charge in [0, 0.05) is 11.1 Å². The van der Waals surface area contributed by atoms with Crippen LogP contribution in [-0.2, 0) is 12.5 Å². The number of halogens is 3. The van der Waals surface area contributed by atoms with Crippen molar-refractivity contribution in [3.05, 3.63) is 58.4 Å². The van der Waals surface area contributed by atoms with E-state index in [2.05, 4.69) is 6.92 Å². The number of rotatable bonds is 9. The van der Waals surface area contributed by atoms with Crippen molar-refractivity contribution < 1.29 is 23.0 Å². The lowest BCUT2D eigenvalue weighted by atomic mass is 9.93. The van der Waals surface area contributed by atoms with Crippen LogP contribution in [-0.4, -0.2) is 5.11 Å². The van der Waals surface area contributed by atoms with Gasteiger partial charge in [0.05, 0.1) is 5.56 Å². The SMILES string of the molecule is CCCCCc1ccc(C(F)(F)Oc2cc(C(C)C)c(O)c(C(C)C)c2)c(F)c1. The maximum Gasteiger partial charge on any atom is 0.429 e. The number of hydrogen-bond acceptors (Lipinski definition) is 2. The molecule has 0 aliphatic rings. The zero-order chi connectivity index (χ0) is 21.8. The second kappa shape index (κ2) is 9.55. The van der Waals surface area contributed by atoms with Gasteiger partial charge in [0.15, 0.2) is 0 Å². The number of phenols is 1. The summed E-state index contributed by atoms with van der Waals surface area (Å²) in [7, 11) is 0. The Morgan fingerprint density at radius 3 is 2.03 bits per heavy atom. The fourth-order valence-electron chi connectivity index (χ4n) is 3.32. The van der Waals surface area contributed by atoms with Crippen molar-refractivity contribution in [3.8, 4) is 11.5 Å². The summed E-state index contributed by atoms with van der Waals surface area (Å²) in [5.74, 6) is -1.14. The van der Waals surface area contributed by atoms with Gasteiger partial charge in [0.25, 0.3) is 0 Å². The summed E-state index contributed by atoms with van der Waals surface area (Å²) in [6.45, 7) is 9.51. The summed E-state index contributed by atoms with van der Waals surface area (Å²) in [5, 5.41) is 10.4. The second-order valence-corrected chi connectivity index (χ2v) is 8.15. The van der Waals surface area contributed by atoms with E-state index in [4.69, 9.17) is 4.74 Å². The molecule has 160 valence electrons. The molecule has 0 saturated carbocycles. The molecule has 5 heteroatoms. The molecule has 0 amide bonds. The summed E-state index contributed by atoms with van der Waals surface area (Å²) in [6.07, 6.45) is -0.224. The highest BCUT2D eigenvalue weighted by molar-refractivity contribution is 5.49. The number of alkyl halides is 2. The summed E-state index contributed by atoms with van der Waals surface area (Å²) in [6, 6.07) is 6.59. The van der Waals surface area contributed by atoms with Gasteiger partial charge in [-0.2, -0.15) is 8.78 Å². The number of ether oxygens (including phenoxy) is 1. The first-order chi connectivity index (χ1) is 13.6. The molecule has 0 radical (unpaired) electrons. The minimum atomic E-state index is -3.83. The molecule has 0 spiro atoms. The molecular formula is C24H31F3O2. The highest BCUT2D eigenvalue weighted by atomic mass is 19.3. The van der Waals surface area contributed by atoms with Crippen LogP contribution >= 0.6 is 0 Å². The van der Waals surface area contributed by atoms with Gasteiger partial charge in [-0.25, -0.2) is 4.39 Å². The predicted molar refractivity (Wildman–Crippen MR) is 110 cm³/mol. The molecule has 2 aromatic rings. The van der Waals surface area contributed by atoms with Crippen LogP contribution < -0.4 is 4.74 Å². The quantitative estimate of drug-likeness (QED) is 0.432. The number of unbranched alkanes of at least 4 members (excludes halogenated alkanes) is 2. The molecule has 0 heterocycles. The smallest absolute Gasteiger partial charge is 0.429 e. The molecule has 0 saturated heterocycles. The molecule has 1 N–H and O–H groups in total. The number of aromatic hydroxyl groups is 1. The molecule has 0 atom stereocenters. The minimum absolute atomic E-state index is 0.0798. The highest BCUT2D eigenvalue weighted by Crippen LogP contribution is 2.40. The average Bonchev–Trinajstić information content (AvgIpc) is 2.62. The van der Waals surface area contributed by atoms with E-state index in [9.17, 15) is 18.3 Å². The van der Waals surface area contributed by atoms with Crippen molar-refractivity contribution in [3.63, 3.8) is 0 Å². The molecular weight excluding hydrogens is 377 g/mol. The van der Waals surface area contributed by atoms with E-state index in [0.717, 1.165) is 31.4 Å². The van der Waals surface area contributed by atoms with Crippen LogP contribution in [0.25, 0.3) is 0 Å². The van der Waals surface area contributed by atoms with Crippen molar-refractivity contribution in [1.82, 2.24) is 0 Å². The molecule has 0 unspecified atom stereocenters. The summed E-state index contributed by atoms with van der Waals surface area (Å²) in [4.78, 5) is 0. The standard InChI is InChI=1S/C24H31F3O2/c1-6-7-8-9-17-10-11-21(22(25)12-17)24(26,27)29-18-13-19(15(2)3)23(28)20(14-18)16(4)5/h10-16,28H,6-9H2,1-5H3. The molecule has 2 rings (SSSR count). The van der Waals surface area contributed by atoms with Gasteiger partial charge >= 0.3 is 6.11 Å². The van der Waals surface area contributed by atoms with Crippen molar-refractivity contribution in [2.24, 2.45) is 0 Å². The first-order valence-electron chi connectivity index (χ1n) is 10.3. The van der Waals surface area contributed by atoms with E-state index < -0.39 is 17.5 Å². The average molecular weight is 409 g/mol. The lowest BCUT2D eigenvalue weighted by molar-refractivity contribution is -0.187. The van der Waals surface area contributed by atoms with Gasteiger partial charge in [0.2, 0.25) is 0 Å². The third kappa shape index (κ3) is 5.68. The Labute approximate surface area is 171 Å². The molecule has 0 bridgehead atoms. The zero-order valence-electron chi connectivity index (χ0n) is 17.9. The Bertz CT molecular complexity index is 800. The number of benzene rings is 2. The molecule has 2 nitrogen and oxygen atoms in total. The Morgan fingerprint density at radius 1 is 0.966 bits per heavy atom. The normalized spacial score (nSPS) is 12.1. The number of aryl methyl sites for hydroxylation is 1. The van der Waals surface area contributed by atoms with Gasteiger partial charge in [-0.3, -0.25) is 0 Å². The van der Waals surface area contributed by atoms with Gasteiger partial charge in [-0.05, 0) is 54.5 Å². The minimum Gasteiger partial charge on any atom is -0.507 e. The van der Waals surface area contributed by atoms with Crippen LogP contribution in [0.2, 0.25) is 0 Å². The second-order valence-electron chi connectivity index (χ2n) is 8.15. The van der Waals surface area contributed by atoms with Crippen LogP contribution in [0.3, 0.4) is 0 Å². The Kier molecular flexibility index (Phi) is 7.61. The van der Waals surface area contributed by atoms with Crippen LogP contribution in [0.1, 0.15) is 88.0 Å². The maximum absolute atomic E-state index is 14.8. The highest BCUT2D eigenvalue weighted by Gasteiger charge is 2.38. The third-order valence-corrected chi connectivity index (χ3v) is 5.05.